The highest BCUT2D eigenvalue weighted by atomic mass is 16.5. The highest BCUT2D eigenvalue weighted by Crippen LogP contribution is 2.23. The van der Waals surface area contributed by atoms with Crippen molar-refractivity contribution >= 4 is 6.03 Å². The second-order valence-electron chi connectivity index (χ2n) is 3.75. The van der Waals surface area contributed by atoms with Gasteiger partial charge in [0.05, 0.1) is 12.7 Å². The molecular weight excluding hydrogens is 184 g/mol. The van der Waals surface area contributed by atoms with Crippen molar-refractivity contribution in [3.8, 4) is 0 Å². The number of aliphatic hydroxyl groups is 1. The van der Waals surface area contributed by atoms with E-state index in [9.17, 15) is 4.79 Å². The van der Waals surface area contributed by atoms with E-state index in [1.165, 1.54) is 0 Å². The Morgan fingerprint density at radius 2 is 2.43 bits per heavy atom. The van der Waals surface area contributed by atoms with E-state index in [0.717, 1.165) is 32.4 Å². The molecule has 2 N–H and O–H groups in total. The monoisotopic (exact) mass is 200 g/mol. The van der Waals surface area contributed by atoms with Crippen molar-refractivity contribution in [2.45, 2.75) is 31.6 Å². The Labute approximate surface area is 83.0 Å². The number of ether oxygens (including phenoxy) is 1. The first-order valence-corrected chi connectivity index (χ1v) is 5.12. The molecule has 0 radical (unpaired) electrons. The van der Waals surface area contributed by atoms with Gasteiger partial charge in [0.25, 0.3) is 0 Å². The Bertz CT molecular complexity index is 222. The molecule has 2 heterocycles. The Kier molecular flexibility index (Phi) is 2.88. The Morgan fingerprint density at radius 1 is 1.57 bits per heavy atom. The lowest BCUT2D eigenvalue weighted by atomic mass is 10.2. The summed E-state index contributed by atoms with van der Waals surface area (Å²) in [6, 6.07) is -0.0418. The number of carbonyl (C=O) groups excluding carboxylic acids is 1. The largest absolute Gasteiger partial charge is 0.394 e. The predicted octanol–water partition coefficient (Wildman–Crippen LogP) is -0.101. The van der Waals surface area contributed by atoms with E-state index >= 15 is 0 Å². The van der Waals surface area contributed by atoms with E-state index in [1.54, 1.807) is 4.90 Å². The van der Waals surface area contributed by atoms with E-state index in [0.29, 0.717) is 0 Å². The molecule has 0 saturated carbocycles. The van der Waals surface area contributed by atoms with Crippen molar-refractivity contribution in [2.24, 2.45) is 0 Å². The van der Waals surface area contributed by atoms with Crippen molar-refractivity contribution < 1.29 is 14.6 Å². The molecule has 0 aromatic heterocycles. The topological polar surface area (TPSA) is 61.8 Å². The molecule has 0 aliphatic carbocycles. The summed E-state index contributed by atoms with van der Waals surface area (Å²) in [6.45, 7) is 1.56. The lowest BCUT2D eigenvalue weighted by Gasteiger charge is -2.32. The third-order valence-corrected chi connectivity index (χ3v) is 2.75. The zero-order valence-electron chi connectivity index (χ0n) is 8.11. The molecule has 2 fully saturated rings. The van der Waals surface area contributed by atoms with Crippen LogP contribution in [0, 0.1) is 0 Å². The lowest BCUT2D eigenvalue weighted by Crippen LogP contribution is -2.51. The second kappa shape index (κ2) is 4.14. The highest BCUT2D eigenvalue weighted by molar-refractivity contribution is 5.75. The van der Waals surface area contributed by atoms with Crippen molar-refractivity contribution in [1.29, 1.82) is 0 Å². The minimum absolute atomic E-state index is 0.0418. The van der Waals surface area contributed by atoms with Gasteiger partial charge in [-0.15, -0.1) is 0 Å². The molecule has 5 nitrogen and oxygen atoms in total. The summed E-state index contributed by atoms with van der Waals surface area (Å²) in [7, 11) is 0. The van der Waals surface area contributed by atoms with Crippen LogP contribution in [0.15, 0.2) is 0 Å². The summed E-state index contributed by atoms with van der Waals surface area (Å²) in [6.07, 6.45) is 2.42. The molecule has 2 aliphatic heterocycles. The van der Waals surface area contributed by atoms with Gasteiger partial charge in [0, 0.05) is 13.1 Å². The second-order valence-corrected chi connectivity index (χ2v) is 3.75. The smallest absolute Gasteiger partial charge is 0.319 e. The van der Waals surface area contributed by atoms with Crippen molar-refractivity contribution in [1.82, 2.24) is 10.2 Å². The summed E-state index contributed by atoms with van der Waals surface area (Å²) >= 11 is 0. The van der Waals surface area contributed by atoms with Crippen LogP contribution in [-0.2, 0) is 4.74 Å². The van der Waals surface area contributed by atoms with Gasteiger partial charge in [-0.2, -0.15) is 0 Å². The molecule has 0 aromatic rings. The summed E-state index contributed by atoms with van der Waals surface area (Å²) in [5.74, 6) is 0. The number of nitrogens with zero attached hydrogens (tertiary/aromatic N) is 1. The van der Waals surface area contributed by atoms with E-state index < -0.39 is 0 Å². The van der Waals surface area contributed by atoms with Gasteiger partial charge in [0.1, 0.15) is 6.23 Å². The maximum atomic E-state index is 11.4. The van der Waals surface area contributed by atoms with E-state index in [2.05, 4.69) is 5.32 Å². The van der Waals surface area contributed by atoms with Crippen molar-refractivity contribution in [2.75, 3.05) is 19.7 Å². The van der Waals surface area contributed by atoms with E-state index in [1.807, 2.05) is 0 Å². The van der Waals surface area contributed by atoms with Crippen LogP contribution in [-0.4, -0.2) is 48.1 Å². The SMILES string of the molecule is O=C1NCCCN1[C@H]1CC[C@@H](CO)O1. The molecular formula is C9H16N2O3. The fourth-order valence-electron chi connectivity index (χ4n) is 1.97. The predicted molar refractivity (Wildman–Crippen MR) is 49.7 cm³/mol. The first-order chi connectivity index (χ1) is 6.81. The number of rotatable bonds is 2. The maximum absolute atomic E-state index is 11.4. The number of carbonyl (C=O) groups is 1. The van der Waals surface area contributed by atoms with Crippen LogP contribution in [0.25, 0.3) is 0 Å². The highest BCUT2D eigenvalue weighted by Gasteiger charge is 2.33. The fraction of sp³-hybridized carbons (Fsp3) is 0.889. The van der Waals surface area contributed by atoms with Gasteiger partial charge < -0.3 is 15.2 Å². The number of hydrogen-bond acceptors (Lipinski definition) is 3. The summed E-state index contributed by atoms with van der Waals surface area (Å²) in [5.41, 5.74) is 0. The van der Waals surface area contributed by atoms with E-state index in [4.69, 9.17) is 9.84 Å². The van der Waals surface area contributed by atoms with Gasteiger partial charge in [-0.1, -0.05) is 0 Å². The molecule has 2 saturated heterocycles. The summed E-state index contributed by atoms with van der Waals surface area (Å²) in [5, 5.41) is 11.7. The van der Waals surface area contributed by atoms with Gasteiger partial charge >= 0.3 is 6.03 Å². The Morgan fingerprint density at radius 3 is 3.07 bits per heavy atom. The van der Waals surface area contributed by atoms with Crippen LogP contribution >= 0.6 is 0 Å². The quantitative estimate of drug-likeness (QED) is 0.654. The third kappa shape index (κ3) is 1.83. The molecule has 2 atom stereocenters. The van der Waals surface area contributed by atoms with Crippen LogP contribution in [0.1, 0.15) is 19.3 Å². The standard InChI is InChI=1S/C9H16N2O3/c12-6-7-2-3-8(14-7)11-5-1-4-10-9(11)13/h7-8,12H,1-6H2,(H,10,13)/t7-,8+/m0/s1. The number of urea groups is 1. The molecule has 5 heteroatoms. The van der Waals surface area contributed by atoms with Gasteiger partial charge in [0.15, 0.2) is 0 Å². The first-order valence-electron chi connectivity index (χ1n) is 5.12. The van der Waals surface area contributed by atoms with Crippen LogP contribution in [0.5, 0.6) is 0 Å². The summed E-state index contributed by atoms with van der Waals surface area (Å²) < 4.78 is 5.54. The Balaban J connectivity index is 1.91. The molecule has 2 rings (SSSR count). The van der Waals surface area contributed by atoms with Crippen LogP contribution in [0.3, 0.4) is 0 Å². The minimum Gasteiger partial charge on any atom is -0.394 e. The van der Waals surface area contributed by atoms with Gasteiger partial charge in [0.2, 0.25) is 0 Å². The zero-order valence-corrected chi connectivity index (χ0v) is 8.11. The number of hydrogen-bond donors (Lipinski definition) is 2. The average molecular weight is 200 g/mol. The van der Waals surface area contributed by atoms with Crippen molar-refractivity contribution in [3.63, 3.8) is 0 Å². The van der Waals surface area contributed by atoms with Gasteiger partial charge in [-0.3, -0.25) is 4.90 Å². The lowest BCUT2D eigenvalue weighted by molar-refractivity contribution is -0.0533. The number of amides is 2. The Hall–Kier alpha value is -0.810. The zero-order chi connectivity index (χ0) is 9.97. The average Bonchev–Trinajstić information content (AvgIpc) is 2.67. The summed E-state index contributed by atoms with van der Waals surface area (Å²) in [4.78, 5) is 13.2. The molecule has 0 aromatic carbocycles. The molecule has 0 unspecified atom stereocenters. The third-order valence-electron chi connectivity index (χ3n) is 2.75. The van der Waals surface area contributed by atoms with Gasteiger partial charge in [-0.05, 0) is 19.3 Å². The molecule has 14 heavy (non-hydrogen) atoms. The number of aliphatic hydroxyl groups excluding tert-OH is 1. The van der Waals surface area contributed by atoms with Crippen LogP contribution in [0.4, 0.5) is 4.79 Å². The van der Waals surface area contributed by atoms with Gasteiger partial charge in [-0.25, -0.2) is 4.79 Å². The molecule has 80 valence electrons. The normalized spacial score (nSPS) is 33.2. The molecule has 2 aliphatic rings. The van der Waals surface area contributed by atoms with Crippen molar-refractivity contribution in [3.05, 3.63) is 0 Å². The molecule has 0 bridgehead atoms. The van der Waals surface area contributed by atoms with Crippen LogP contribution in [0.2, 0.25) is 0 Å². The molecule has 2 amide bonds. The van der Waals surface area contributed by atoms with E-state index in [-0.39, 0.29) is 25.0 Å². The fourth-order valence-corrected chi connectivity index (χ4v) is 1.97. The van der Waals surface area contributed by atoms with Crippen LogP contribution < -0.4 is 5.32 Å². The first kappa shape index (κ1) is 9.73. The maximum Gasteiger partial charge on any atom is 0.319 e. The minimum atomic E-state index is -0.132. The number of nitrogens with one attached hydrogen (secondary N) is 1. The molecule has 0 spiro atoms.